The normalized spacial score (nSPS) is 23.3. The van der Waals surface area contributed by atoms with E-state index in [0.717, 1.165) is 39.0 Å². The number of rotatable bonds is 4. The van der Waals surface area contributed by atoms with Gasteiger partial charge in [-0.15, -0.1) is 23.7 Å². The summed E-state index contributed by atoms with van der Waals surface area (Å²) in [6.45, 7) is 3.76. The summed E-state index contributed by atoms with van der Waals surface area (Å²) in [5, 5.41) is 3.43. The van der Waals surface area contributed by atoms with E-state index in [1.54, 1.807) is 6.07 Å². The molecule has 4 nitrogen and oxygen atoms in total. The number of carbonyl (C=O) groups excluding carboxylic acids is 2. The van der Waals surface area contributed by atoms with E-state index in [1.807, 2.05) is 4.90 Å². The number of nitrogens with one attached hydrogen (secondary N) is 1. The van der Waals surface area contributed by atoms with Gasteiger partial charge in [0.25, 0.3) is 0 Å². The fraction of sp³-hybridized carbons (Fsp3) is 0.625. The first-order valence-electron chi connectivity index (χ1n) is 8.01. The SMILES string of the molecule is Cl.O=C(CCC(=O)N1CC[C@@H]2CNC[C@@H]2CC1)c1cc(Cl)sc1Cl. The summed E-state index contributed by atoms with van der Waals surface area (Å²) in [6, 6.07) is 1.58. The molecule has 0 radical (unpaired) electrons. The van der Waals surface area contributed by atoms with Gasteiger partial charge in [0.05, 0.1) is 4.34 Å². The van der Waals surface area contributed by atoms with Gasteiger partial charge in [-0.25, -0.2) is 0 Å². The molecular weight excluding hydrogens is 391 g/mol. The second-order valence-corrected chi connectivity index (χ2v) is 8.58. The van der Waals surface area contributed by atoms with Gasteiger partial charge in [0.2, 0.25) is 5.91 Å². The number of fused-ring (bicyclic) bond motifs is 1. The first kappa shape index (κ1) is 20.0. The molecule has 0 bridgehead atoms. The third kappa shape index (κ3) is 4.64. The predicted octanol–water partition coefficient (Wildman–Crippen LogP) is 3.90. The molecule has 0 spiro atoms. The third-order valence-electron chi connectivity index (χ3n) is 4.90. The van der Waals surface area contributed by atoms with E-state index in [9.17, 15) is 9.59 Å². The van der Waals surface area contributed by atoms with Crippen LogP contribution in [0.25, 0.3) is 0 Å². The highest BCUT2D eigenvalue weighted by Crippen LogP contribution is 2.32. The first-order valence-corrected chi connectivity index (χ1v) is 9.58. The molecule has 3 rings (SSSR count). The second-order valence-electron chi connectivity index (χ2n) is 6.30. The van der Waals surface area contributed by atoms with Crippen molar-refractivity contribution in [2.75, 3.05) is 26.2 Å². The molecule has 0 aromatic carbocycles. The van der Waals surface area contributed by atoms with Crippen LogP contribution in [0.4, 0.5) is 0 Å². The Morgan fingerprint density at radius 1 is 1.17 bits per heavy atom. The number of halogens is 3. The van der Waals surface area contributed by atoms with Crippen LogP contribution in [0.5, 0.6) is 0 Å². The lowest BCUT2D eigenvalue weighted by atomic mass is 9.92. The van der Waals surface area contributed by atoms with Gasteiger partial charge in [0, 0.05) is 31.5 Å². The number of amides is 1. The molecule has 1 N–H and O–H groups in total. The number of hydrogen-bond donors (Lipinski definition) is 1. The van der Waals surface area contributed by atoms with Gasteiger partial charge in [-0.2, -0.15) is 0 Å². The summed E-state index contributed by atoms with van der Waals surface area (Å²) in [5.74, 6) is 1.36. The monoisotopic (exact) mass is 410 g/mol. The molecule has 0 aliphatic carbocycles. The van der Waals surface area contributed by atoms with Crippen molar-refractivity contribution in [3.8, 4) is 0 Å². The van der Waals surface area contributed by atoms with E-state index in [4.69, 9.17) is 23.2 Å². The van der Waals surface area contributed by atoms with Crippen molar-refractivity contribution in [2.45, 2.75) is 25.7 Å². The molecule has 3 heterocycles. The number of hydrogen-bond acceptors (Lipinski definition) is 4. The van der Waals surface area contributed by atoms with E-state index in [0.29, 0.717) is 26.1 Å². The Morgan fingerprint density at radius 3 is 2.33 bits per heavy atom. The number of likely N-dealkylation sites (tertiary alicyclic amines) is 1. The highest BCUT2D eigenvalue weighted by molar-refractivity contribution is 7.20. The Bertz CT molecular complexity index is 594. The molecule has 2 saturated heterocycles. The molecule has 2 atom stereocenters. The lowest BCUT2D eigenvalue weighted by Crippen LogP contribution is -2.32. The molecule has 1 amide bonds. The maximum atomic E-state index is 12.4. The maximum Gasteiger partial charge on any atom is 0.223 e. The second kappa shape index (κ2) is 8.86. The van der Waals surface area contributed by atoms with Gasteiger partial charge < -0.3 is 10.2 Å². The van der Waals surface area contributed by atoms with Crippen LogP contribution in [-0.4, -0.2) is 42.8 Å². The largest absolute Gasteiger partial charge is 0.343 e. The van der Waals surface area contributed by atoms with Crippen molar-refractivity contribution in [3.05, 3.63) is 20.3 Å². The Balaban J connectivity index is 0.00000208. The van der Waals surface area contributed by atoms with Crippen molar-refractivity contribution in [1.82, 2.24) is 10.2 Å². The molecule has 0 saturated carbocycles. The van der Waals surface area contributed by atoms with Crippen molar-refractivity contribution >= 4 is 58.6 Å². The highest BCUT2D eigenvalue weighted by Gasteiger charge is 2.31. The fourth-order valence-corrected chi connectivity index (χ4v) is 5.01. The number of carbonyl (C=O) groups is 2. The summed E-state index contributed by atoms with van der Waals surface area (Å²) in [6.07, 6.45) is 2.55. The van der Waals surface area contributed by atoms with Gasteiger partial charge in [0.15, 0.2) is 5.78 Å². The molecular formula is C16H21Cl3N2O2S. The van der Waals surface area contributed by atoms with Crippen LogP contribution in [0.15, 0.2) is 6.07 Å². The minimum atomic E-state index is -0.109. The van der Waals surface area contributed by atoms with E-state index in [-0.39, 0.29) is 36.9 Å². The van der Waals surface area contributed by atoms with Crippen LogP contribution in [-0.2, 0) is 4.79 Å². The van der Waals surface area contributed by atoms with Crippen molar-refractivity contribution < 1.29 is 9.59 Å². The van der Waals surface area contributed by atoms with E-state index in [2.05, 4.69) is 5.32 Å². The molecule has 2 aliphatic rings. The predicted molar refractivity (Wildman–Crippen MR) is 101 cm³/mol. The molecule has 2 fully saturated rings. The van der Waals surface area contributed by atoms with Crippen molar-refractivity contribution in [1.29, 1.82) is 0 Å². The molecule has 134 valence electrons. The fourth-order valence-electron chi connectivity index (χ4n) is 3.51. The smallest absolute Gasteiger partial charge is 0.223 e. The average molecular weight is 412 g/mol. The van der Waals surface area contributed by atoms with Gasteiger partial charge in [-0.3, -0.25) is 9.59 Å². The van der Waals surface area contributed by atoms with Crippen LogP contribution in [0.1, 0.15) is 36.0 Å². The Labute approximate surface area is 162 Å². The molecule has 2 aliphatic heterocycles. The van der Waals surface area contributed by atoms with Gasteiger partial charge >= 0.3 is 0 Å². The molecule has 1 aromatic rings. The van der Waals surface area contributed by atoms with E-state index < -0.39 is 0 Å². The van der Waals surface area contributed by atoms with Crippen molar-refractivity contribution in [2.24, 2.45) is 11.8 Å². The average Bonchev–Trinajstić information content (AvgIpc) is 3.05. The lowest BCUT2D eigenvalue weighted by Gasteiger charge is -2.20. The molecule has 24 heavy (non-hydrogen) atoms. The minimum Gasteiger partial charge on any atom is -0.343 e. The van der Waals surface area contributed by atoms with Crippen molar-refractivity contribution in [3.63, 3.8) is 0 Å². The minimum absolute atomic E-state index is 0. The summed E-state index contributed by atoms with van der Waals surface area (Å²) < 4.78 is 0.903. The van der Waals surface area contributed by atoms with E-state index in [1.165, 1.54) is 11.3 Å². The first-order chi connectivity index (χ1) is 11.0. The zero-order valence-electron chi connectivity index (χ0n) is 13.2. The summed E-state index contributed by atoms with van der Waals surface area (Å²) in [4.78, 5) is 26.5. The lowest BCUT2D eigenvalue weighted by molar-refractivity contribution is -0.131. The quantitative estimate of drug-likeness (QED) is 0.765. The van der Waals surface area contributed by atoms with Gasteiger partial charge in [0.1, 0.15) is 4.34 Å². The number of Topliss-reactive ketones (excluding diaryl/α,β-unsaturated/α-hetero) is 1. The molecule has 0 unspecified atom stereocenters. The summed E-state index contributed by atoms with van der Waals surface area (Å²) >= 11 is 13.0. The maximum absolute atomic E-state index is 12.4. The van der Waals surface area contributed by atoms with Crippen LogP contribution in [0, 0.1) is 11.8 Å². The topological polar surface area (TPSA) is 49.4 Å². The van der Waals surface area contributed by atoms with Gasteiger partial charge in [-0.1, -0.05) is 23.2 Å². The van der Waals surface area contributed by atoms with Crippen LogP contribution < -0.4 is 5.32 Å². The number of nitrogens with zero attached hydrogens (tertiary/aromatic N) is 1. The van der Waals surface area contributed by atoms with Crippen LogP contribution in [0.3, 0.4) is 0 Å². The molecule has 8 heteroatoms. The van der Waals surface area contributed by atoms with Crippen LogP contribution >= 0.6 is 46.9 Å². The molecule has 1 aromatic heterocycles. The zero-order chi connectivity index (χ0) is 16.4. The Kier molecular flexibility index (Phi) is 7.38. The third-order valence-corrected chi connectivity index (χ3v) is 6.38. The Hall–Kier alpha value is -0.330. The summed E-state index contributed by atoms with van der Waals surface area (Å²) in [7, 11) is 0. The zero-order valence-corrected chi connectivity index (χ0v) is 16.4. The highest BCUT2D eigenvalue weighted by atomic mass is 35.5. The number of thiophene rings is 1. The van der Waals surface area contributed by atoms with Gasteiger partial charge in [-0.05, 0) is 43.8 Å². The summed E-state index contributed by atoms with van der Waals surface area (Å²) in [5.41, 5.74) is 0.436. The van der Waals surface area contributed by atoms with E-state index >= 15 is 0 Å². The van der Waals surface area contributed by atoms with Crippen LogP contribution in [0.2, 0.25) is 8.67 Å². The number of ketones is 1. The standard InChI is InChI=1S/C16H20Cl2N2O2S.ClH/c17-14-7-12(16(18)23-14)13(21)1-2-15(22)20-5-3-10-8-19-9-11(10)4-6-20;/h7,10-11,19H,1-6,8-9H2;1H/t10-,11+;. The Morgan fingerprint density at radius 2 is 1.79 bits per heavy atom.